The third-order valence-corrected chi connectivity index (χ3v) is 14.9. The molecular formula is C47H5B23N4O. The van der Waals surface area contributed by atoms with Crippen molar-refractivity contribution in [3.63, 3.8) is 0 Å². The quantitative estimate of drug-likeness (QED) is 0.166. The van der Waals surface area contributed by atoms with Gasteiger partial charge in [0.1, 0.15) is 186 Å². The summed E-state index contributed by atoms with van der Waals surface area (Å²) >= 11 is 0. The molecule has 0 aliphatic rings. The summed E-state index contributed by atoms with van der Waals surface area (Å²) in [4.78, 5) is 4.79. The molecule has 0 amide bonds. The van der Waals surface area contributed by atoms with Crippen LogP contribution in [0, 0.1) is 0 Å². The summed E-state index contributed by atoms with van der Waals surface area (Å²) in [5, 5.41) is 2.65. The van der Waals surface area contributed by atoms with Crippen molar-refractivity contribution in [3.05, 3.63) is 30.5 Å². The molecular weight excluding hydrogens is 885 g/mol. The highest BCUT2D eigenvalue weighted by molar-refractivity contribution is 6.75. The van der Waals surface area contributed by atoms with E-state index in [9.17, 15) is 0 Å². The first-order valence-electron chi connectivity index (χ1n) is 22.4. The van der Waals surface area contributed by atoms with Gasteiger partial charge in [-0.05, 0) is 51.2 Å². The lowest BCUT2D eigenvalue weighted by atomic mass is 9.63. The van der Waals surface area contributed by atoms with Gasteiger partial charge in [0.15, 0.2) is 11.4 Å². The fraction of sp³-hybridized carbons (Fsp3) is 0. The predicted octanol–water partition coefficient (Wildman–Crippen LogP) is -15.5. The van der Waals surface area contributed by atoms with E-state index in [2.05, 4.69) is 0 Å². The molecule has 0 aliphatic heterocycles. The molecule has 0 atom stereocenters. The van der Waals surface area contributed by atoms with Gasteiger partial charge in [-0.2, -0.15) is 0 Å². The standard InChI is InChI=1S/C47H5B23N4O/c48-16-10-11-17(49)23(55)29(61)34(66)42(11)73(41(10)33(65)28(60)22(16)54)45-21(53)15-14-20(52)26(58)27(59)32(64)39(14)72(40(15)37(69)38(45)70)6-1-2-9-8(5-6)7-3-4-71-47(46(7)75-9)74-43-12(18(50)24(56)30(62)35(43)67)13-19(51)25(57)31(63)36(68)44(13)74/h1-5H. The number of pyridine rings is 1. The van der Waals surface area contributed by atoms with Gasteiger partial charge in [0.2, 0.25) is 0 Å². The monoisotopic (exact) mass is 894 g/mol. The zero-order valence-electron chi connectivity index (χ0n) is 39.4. The number of fused-ring (bicyclic) bond motifs is 12. The van der Waals surface area contributed by atoms with Crippen LogP contribution in [-0.2, 0) is 0 Å². The van der Waals surface area contributed by atoms with E-state index < -0.39 is 0 Å². The Morgan fingerprint density at radius 1 is 0.293 bits per heavy atom. The lowest BCUT2D eigenvalue weighted by molar-refractivity contribution is 0.663. The largest absolute Gasteiger partial charge is 0.452 e. The molecule has 5 nitrogen and oxygen atoms in total. The fourth-order valence-electron chi connectivity index (χ4n) is 11.0. The fourth-order valence-corrected chi connectivity index (χ4v) is 11.0. The average molecular weight is 890 g/mol. The van der Waals surface area contributed by atoms with Crippen molar-refractivity contribution in [2.24, 2.45) is 0 Å². The van der Waals surface area contributed by atoms with Gasteiger partial charge < -0.3 is 13.6 Å². The lowest BCUT2D eigenvalue weighted by Crippen LogP contribution is -2.49. The third kappa shape index (κ3) is 6.15. The topological polar surface area (TPSA) is 40.8 Å². The first-order chi connectivity index (χ1) is 35.4. The molecule has 12 rings (SSSR count). The second kappa shape index (κ2) is 16.7. The zero-order valence-corrected chi connectivity index (χ0v) is 39.4. The van der Waals surface area contributed by atoms with Crippen LogP contribution in [0.1, 0.15) is 0 Å². The molecule has 288 valence electrons. The van der Waals surface area contributed by atoms with Crippen molar-refractivity contribution in [1.82, 2.24) is 18.7 Å². The van der Waals surface area contributed by atoms with Gasteiger partial charge >= 0.3 is 0 Å². The number of furan rings is 1. The molecule has 0 aliphatic carbocycles. The van der Waals surface area contributed by atoms with Gasteiger partial charge in [-0.25, -0.2) is 4.98 Å². The normalized spacial score (nSPS) is 12.2. The number of hydrogen-bond donors (Lipinski definition) is 0. The third-order valence-electron chi connectivity index (χ3n) is 14.9. The van der Waals surface area contributed by atoms with E-state index in [1.54, 1.807) is 33.5 Å². The minimum Gasteiger partial charge on any atom is -0.452 e. The van der Waals surface area contributed by atoms with E-state index in [1.165, 1.54) is 4.57 Å². The first kappa shape index (κ1) is 50.2. The Labute approximate surface area is 461 Å². The van der Waals surface area contributed by atoms with Crippen molar-refractivity contribution in [2.75, 3.05) is 0 Å². The first-order valence-corrected chi connectivity index (χ1v) is 22.4. The van der Waals surface area contributed by atoms with Crippen LogP contribution >= 0.6 is 0 Å². The molecule has 0 bridgehead atoms. The van der Waals surface area contributed by atoms with E-state index >= 15 is 0 Å². The Morgan fingerprint density at radius 2 is 0.613 bits per heavy atom. The van der Waals surface area contributed by atoms with Crippen LogP contribution in [0.25, 0.3) is 105 Å². The number of aromatic nitrogens is 4. The summed E-state index contributed by atoms with van der Waals surface area (Å²) in [6, 6.07) is 7.02. The Morgan fingerprint density at radius 3 is 1.00 bits per heavy atom. The van der Waals surface area contributed by atoms with Gasteiger partial charge in [-0.1, -0.05) is 71.0 Å². The molecule has 0 unspecified atom stereocenters. The van der Waals surface area contributed by atoms with Crippen LogP contribution < -0.4 is 126 Å². The number of rotatable bonds is 3. The Hall–Kier alpha value is -5.62. The molecule has 7 aromatic carbocycles. The van der Waals surface area contributed by atoms with Crippen LogP contribution in [0.5, 0.6) is 0 Å². The second-order valence-electron chi connectivity index (χ2n) is 18.5. The minimum absolute atomic E-state index is 0.00586. The van der Waals surface area contributed by atoms with Crippen LogP contribution in [0.4, 0.5) is 0 Å². The minimum atomic E-state index is -0.0935. The van der Waals surface area contributed by atoms with Crippen molar-refractivity contribution >= 4 is 393 Å². The molecule has 0 saturated heterocycles. The van der Waals surface area contributed by atoms with Crippen molar-refractivity contribution in [1.29, 1.82) is 0 Å². The molecule has 46 radical (unpaired) electrons. The molecule has 5 aromatic heterocycles. The molecule has 0 saturated carbocycles. The van der Waals surface area contributed by atoms with Crippen LogP contribution in [0.15, 0.2) is 34.9 Å². The summed E-state index contributed by atoms with van der Waals surface area (Å²) in [7, 11) is 154. The average Bonchev–Trinajstić information content (AvgIpc) is 4.16. The SMILES string of the molecule is [B]c1c([B])c([B])c2c(c1[B])c1c([B])c(-n3c4c([B])c([B])c([B])c([B])c4c4c([B])c([B])c([B])c([B])c43)c([B])c([B])c1n2-c1ccc2oc3c(-n4c5c([B])c([B])c([B])c([B])c5c5c([B])c([B])c([B])c([B])c54)nccc3c2c1. The molecule has 0 N–H and O–H groups in total. The number of hydrogen-bond acceptors (Lipinski definition) is 2. The van der Waals surface area contributed by atoms with E-state index in [4.69, 9.17) is 190 Å². The maximum absolute atomic E-state index is 7.42. The van der Waals surface area contributed by atoms with Gasteiger partial charge in [0, 0.05) is 66.8 Å². The predicted molar refractivity (Wildman–Crippen MR) is 338 cm³/mol. The highest BCUT2D eigenvalue weighted by Gasteiger charge is 2.30. The summed E-state index contributed by atoms with van der Waals surface area (Å²) in [6.07, 6.45) is 1.56. The van der Waals surface area contributed by atoms with Crippen molar-refractivity contribution < 1.29 is 4.42 Å². The Balaban J connectivity index is 1.20. The molecule has 0 fully saturated rings. The van der Waals surface area contributed by atoms with Crippen LogP contribution in [0.3, 0.4) is 0 Å². The number of nitrogens with zero attached hydrogens (tertiary/aromatic N) is 4. The molecule has 28 heteroatoms. The molecule has 0 spiro atoms. The van der Waals surface area contributed by atoms with Crippen LogP contribution in [0.2, 0.25) is 0 Å². The van der Waals surface area contributed by atoms with E-state index in [0.717, 1.165) is 0 Å². The maximum atomic E-state index is 7.42. The highest BCUT2D eigenvalue weighted by atomic mass is 16.3. The summed E-state index contributed by atoms with van der Waals surface area (Å²) in [5.41, 5.74) is 2.30. The summed E-state index contributed by atoms with van der Waals surface area (Å²) in [5.74, 6) is 0.189. The van der Waals surface area contributed by atoms with Gasteiger partial charge in [-0.15, -0.1) is 54.6 Å². The number of benzene rings is 7. The molecule has 5 heterocycles. The Kier molecular flexibility index (Phi) is 11.2. The van der Waals surface area contributed by atoms with E-state index in [0.29, 0.717) is 32.8 Å². The zero-order chi connectivity index (χ0) is 53.9. The molecule has 12 aromatic rings. The van der Waals surface area contributed by atoms with Crippen LogP contribution in [-0.4, -0.2) is 199 Å². The van der Waals surface area contributed by atoms with Crippen molar-refractivity contribution in [3.8, 4) is 17.2 Å². The second-order valence-corrected chi connectivity index (χ2v) is 18.5. The van der Waals surface area contributed by atoms with Gasteiger partial charge in [0.25, 0.3) is 0 Å². The van der Waals surface area contributed by atoms with E-state index in [1.807, 2.05) is 6.07 Å². The smallest absolute Gasteiger partial charge is 0.181 e. The van der Waals surface area contributed by atoms with Gasteiger partial charge in [0.05, 0.1) is 0 Å². The molecule has 75 heavy (non-hydrogen) atoms. The summed E-state index contributed by atoms with van der Waals surface area (Å²) < 4.78 is 11.5. The Bertz CT molecular complexity index is 4610. The maximum Gasteiger partial charge on any atom is 0.181 e. The highest BCUT2D eigenvalue weighted by Crippen LogP contribution is 2.38. The summed E-state index contributed by atoms with van der Waals surface area (Å²) in [6.45, 7) is 0. The van der Waals surface area contributed by atoms with Gasteiger partial charge in [-0.3, -0.25) is 4.57 Å². The van der Waals surface area contributed by atoms with Crippen molar-refractivity contribution in [2.45, 2.75) is 0 Å². The van der Waals surface area contributed by atoms with E-state index in [-0.39, 0.29) is 197 Å². The lowest BCUT2D eigenvalue weighted by Gasteiger charge is -2.24.